The van der Waals surface area contributed by atoms with Crippen molar-refractivity contribution in [3.63, 3.8) is 0 Å². The smallest absolute Gasteiger partial charge is 0.371 e. The molecule has 5 nitrogen and oxygen atoms in total. The normalized spacial score (nSPS) is 11.3. The van der Waals surface area contributed by atoms with Crippen LogP contribution < -0.4 is 5.43 Å². The van der Waals surface area contributed by atoms with E-state index >= 15 is 0 Å². The maximum Gasteiger partial charge on any atom is 0.371 e. The number of benzene rings is 2. The predicted octanol–water partition coefficient (Wildman–Crippen LogP) is 3.66. The number of hydrazone groups is 1. The Morgan fingerprint density at radius 3 is 2.36 bits per heavy atom. The Morgan fingerprint density at radius 2 is 1.68 bits per heavy atom. The molecule has 0 bridgehead atoms. The van der Waals surface area contributed by atoms with Crippen LogP contribution in [-0.2, 0) is 6.54 Å². The molecule has 2 aromatic carbocycles. The number of hydrogen-bond donors (Lipinski definition) is 2. The Morgan fingerprint density at radius 1 is 1.00 bits per heavy atom. The molecular weight excluding hydrogens is 323 g/mol. The Labute approximate surface area is 143 Å². The highest BCUT2D eigenvalue weighted by molar-refractivity contribution is 6.11. The van der Waals surface area contributed by atoms with Crippen molar-refractivity contribution in [1.82, 2.24) is 5.43 Å². The molecule has 0 aliphatic rings. The summed E-state index contributed by atoms with van der Waals surface area (Å²) in [4.78, 5) is 11.0. The van der Waals surface area contributed by atoms with Crippen LogP contribution >= 0.6 is 0 Å². The van der Waals surface area contributed by atoms with Crippen molar-refractivity contribution in [2.75, 3.05) is 0 Å². The summed E-state index contributed by atoms with van der Waals surface area (Å²) in [5.41, 5.74) is 4.30. The number of aromatic carboxylic acids is 1. The maximum absolute atomic E-state index is 14.2. The minimum atomic E-state index is -1.20. The molecule has 0 saturated carbocycles. The zero-order valence-electron chi connectivity index (χ0n) is 13.1. The molecule has 3 aromatic rings. The lowest BCUT2D eigenvalue weighted by Gasteiger charge is -2.07. The third-order valence-corrected chi connectivity index (χ3v) is 3.50. The third kappa shape index (κ3) is 3.92. The van der Waals surface area contributed by atoms with E-state index in [9.17, 15) is 9.18 Å². The first kappa shape index (κ1) is 16.4. The number of hydrogen-bond acceptors (Lipinski definition) is 4. The molecule has 1 heterocycles. The van der Waals surface area contributed by atoms with E-state index < -0.39 is 11.8 Å². The van der Waals surface area contributed by atoms with Crippen molar-refractivity contribution in [2.45, 2.75) is 6.54 Å². The van der Waals surface area contributed by atoms with Crippen LogP contribution in [0.5, 0.6) is 0 Å². The SMILES string of the molecule is O=C(O)c1ccc(C(=NNCc2ccccc2)c2ccccc2F)o1. The minimum Gasteiger partial charge on any atom is -0.475 e. The van der Waals surface area contributed by atoms with E-state index in [1.165, 1.54) is 18.2 Å². The van der Waals surface area contributed by atoms with Gasteiger partial charge in [0.05, 0.1) is 6.54 Å². The number of carbonyl (C=O) groups is 1. The summed E-state index contributed by atoms with van der Waals surface area (Å²) in [6.45, 7) is 0.436. The summed E-state index contributed by atoms with van der Waals surface area (Å²) in [6, 6.07) is 18.5. The van der Waals surface area contributed by atoms with Crippen molar-refractivity contribution in [1.29, 1.82) is 0 Å². The molecule has 2 N–H and O–H groups in total. The van der Waals surface area contributed by atoms with Gasteiger partial charge in [-0.05, 0) is 29.8 Å². The van der Waals surface area contributed by atoms with Gasteiger partial charge in [-0.3, -0.25) is 0 Å². The van der Waals surface area contributed by atoms with Crippen molar-refractivity contribution in [3.05, 3.63) is 95.2 Å². The lowest BCUT2D eigenvalue weighted by atomic mass is 10.1. The summed E-state index contributed by atoms with van der Waals surface area (Å²) < 4.78 is 19.5. The summed E-state index contributed by atoms with van der Waals surface area (Å²) in [7, 11) is 0. The van der Waals surface area contributed by atoms with Crippen LogP contribution in [0.3, 0.4) is 0 Å². The Balaban J connectivity index is 1.92. The second kappa shape index (κ2) is 7.44. The summed E-state index contributed by atoms with van der Waals surface area (Å²) in [5.74, 6) is -1.74. The van der Waals surface area contributed by atoms with E-state index in [2.05, 4.69) is 10.5 Å². The highest BCUT2D eigenvalue weighted by Crippen LogP contribution is 2.17. The van der Waals surface area contributed by atoms with Crippen LogP contribution in [0.2, 0.25) is 0 Å². The first-order valence-electron chi connectivity index (χ1n) is 7.58. The molecule has 1 aromatic heterocycles. The molecule has 0 radical (unpaired) electrons. The fraction of sp³-hybridized carbons (Fsp3) is 0.0526. The lowest BCUT2D eigenvalue weighted by molar-refractivity contribution is 0.0662. The number of rotatable bonds is 6. The van der Waals surface area contributed by atoms with Gasteiger partial charge in [-0.1, -0.05) is 42.5 Å². The highest BCUT2D eigenvalue weighted by Gasteiger charge is 2.18. The van der Waals surface area contributed by atoms with Gasteiger partial charge < -0.3 is 14.9 Å². The van der Waals surface area contributed by atoms with E-state index in [0.29, 0.717) is 6.54 Å². The summed E-state index contributed by atoms with van der Waals surface area (Å²) >= 11 is 0. The molecular formula is C19H15FN2O3. The van der Waals surface area contributed by atoms with E-state index in [1.54, 1.807) is 18.2 Å². The second-order valence-corrected chi connectivity index (χ2v) is 5.23. The van der Waals surface area contributed by atoms with Crippen molar-refractivity contribution >= 4 is 11.7 Å². The fourth-order valence-electron chi connectivity index (χ4n) is 2.29. The molecule has 0 spiro atoms. The van der Waals surface area contributed by atoms with E-state index in [0.717, 1.165) is 5.56 Å². The highest BCUT2D eigenvalue weighted by atomic mass is 19.1. The van der Waals surface area contributed by atoms with Gasteiger partial charge in [0.15, 0.2) is 5.76 Å². The molecule has 25 heavy (non-hydrogen) atoms. The molecule has 6 heteroatoms. The predicted molar refractivity (Wildman–Crippen MR) is 91.0 cm³/mol. The zero-order valence-corrected chi connectivity index (χ0v) is 13.1. The monoisotopic (exact) mass is 338 g/mol. The molecule has 3 rings (SSSR count). The van der Waals surface area contributed by atoms with Crippen LogP contribution in [0.4, 0.5) is 4.39 Å². The molecule has 0 aliphatic heterocycles. The van der Waals surface area contributed by atoms with Gasteiger partial charge in [0, 0.05) is 5.56 Å². The first-order chi connectivity index (χ1) is 12.1. The summed E-state index contributed by atoms with van der Waals surface area (Å²) in [5, 5.41) is 13.2. The van der Waals surface area contributed by atoms with Gasteiger partial charge >= 0.3 is 5.97 Å². The third-order valence-electron chi connectivity index (χ3n) is 3.50. The van der Waals surface area contributed by atoms with E-state index in [1.807, 2.05) is 30.3 Å². The van der Waals surface area contributed by atoms with Gasteiger partial charge in [-0.2, -0.15) is 5.10 Å². The number of nitrogens with one attached hydrogen (secondary N) is 1. The van der Waals surface area contributed by atoms with Gasteiger partial charge in [-0.15, -0.1) is 0 Å². The molecule has 0 amide bonds. The number of furan rings is 1. The average Bonchev–Trinajstić information content (AvgIpc) is 3.11. The summed E-state index contributed by atoms with van der Waals surface area (Å²) in [6.07, 6.45) is 0. The second-order valence-electron chi connectivity index (χ2n) is 5.23. The van der Waals surface area contributed by atoms with Gasteiger partial charge in [0.2, 0.25) is 5.76 Å². The van der Waals surface area contributed by atoms with Crippen molar-refractivity contribution in [3.8, 4) is 0 Å². The number of carboxylic acid groups (broad SMARTS) is 1. The van der Waals surface area contributed by atoms with E-state index in [-0.39, 0.29) is 22.8 Å². The molecule has 0 fully saturated rings. The molecule has 0 atom stereocenters. The van der Waals surface area contributed by atoms with Crippen LogP contribution in [-0.4, -0.2) is 16.8 Å². The zero-order chi connectivity index (χ0) is 17.6. The van der Waals surface area contributed by atoms with Crippen LogP contribution in [0.25, 0.3) is 0 Å². The molecule has 0 aliphatic carbocycles. The largest absolute Gasteiger partial charge is 0.475 e. The molecule has 0 saturated heterocycles. The number of nitrogens with zero attached hydrogens (tertiary/aromatic N) is 1. The average molecular weight is 338 g/mol. The first-order valence-corrected chi connectivity index (χ1v) is 7.58. The lowest BCUT2D eigenvalue weighted by Crippen LogP contribution is -2.13. The fourth-order valence-corrected chi connectivity index (χ4v) is 2.29. The van der Waals surface area contributed by atoms with Crippen LogP contribution in [0.15, 0.2) is 76.2 Å². The number of halogens is 1. The Bertz CT molecular complexity index is 904. The van der Waals surface area contributed by atoms with E-state index in [4.69, 9.17) is 9.52 Å². The van der Waals surface area contributed by atoms with Gasteiger partial charge in [0.25, 0.3) is 0 Å². The van der Waals surface area contributed by atoms with Gasteiger partial charge in [0.1, 0.15) is 11.5 Å². The van der Waals surface area contributed by atoms with Crippen molar-refractivity contribution < 1.29 is 18.7 Å². The topological polar surface area (TPSA) is 74.8 Å². The quantitative estimate of drug-likeness (QED) is 0.531. The van der Waals surface area contributed by atoms with Crippen LogP contribution in [0, 0.1) is 5.82 Å². The standard InChI is InChI=1S/C19H15FN2O3/c20-15-9-5-4-8-14(15)18(16-10-11-17(25-16)19(23)24)22-21-12-13-6-2-1-3-7-13/h1-11,21H,12H2,(H,23,24). The Hall–Kier alpha value is -3.41. The van der Waals surface area contributed by atoms with Crippen molar-refractivity contribution in [2.24, 2.45) is 5.10 Å². The van der Waals surface area contributed by atoms with Crippen LogP contribution in [0.1, 0.15) is 27.4 Å². The molecule has 0 unspecified atom stereocenters. The Kier molecular flexibility index (Phi) is 4.89. The molecule has 126 valence electrons. The number of carboxylic acids is 1. The minimum absolute atomic E-state index is 0.170. The maximum atomic E-state index is 14.2. The van der Waals surface area contributed by atoms with Gasteiger partial charge in [-0.25, -0.2) is 9.18 Å².